The van der Waals surface area contributed by atoms with E-state index in [2.05, 4.69) is 16.0 Å². The van der Waals surface area contributed by atoms with Gasteiger partial charge in [0.1, 0.15) is 30.0 Å². The van der Waals surface area contributed by atoms with Gasteiger partial charge in [0.25, 0.3) is 0 Å². The molecule has 1 fully saturated rings. The summed E-state index contributed by atoms with van der Waals surface area (Å²) in [5.41, 5.74) is -0.899. The van der Waals surface area contributed by atoms with E-state index in [1.165, 1.54) is 0 Å². The fourth-order valence-corrected chi connectivity index (χ4v) is 4.33. The van der Waals surface area contributed by atoms with Crippen LogP contribution in [0, 0.1) is 46.7 Å². The maximum atomic E-state index is 14.0. The van der Waals surface area contributed by atoms with Crippen LogP contribution in [0.3, 0.4) is 0 Å². The molecule has 2 aromatic carbocycles. The van der Waals surface area contributed by atoms with Crippen molar-refractivity contribution < 1.29 is 55.1 Å². The van der Waals surface area contributed by atoms with Gasteiger partial charge in [-0.25, -0.2) is 17.6 Å². The molecule has 0 unspecified atom stereocenters. The minimum absolute atomic E-state index is 0.0582. The summed E-state index contributed by atoms with van der Waals surface area (Å²) in [6.07, 6.45) is -0.159. The highest BCUT2D eigenvalue weighted by Gasteiger charge is 2.34. The largest absolute Gasteiger partial charge is 0.479 e. The molecule has 0 aromatic heterocycles. The van der Waals surface area contributed by atoms with Crippen LogP contribution < -0.4 is 26.0 Å². The van der Waals surface area contributed by atoms with Crippen LogP contribution in [-0.2, 0) is 24.0 Å². The van der Waals surface area contributed by atoms with Gasteiger partial charge in [0, 0.05) is 18.5 Å². The fraction of sp³-hybridized carbons (Fsp3) is 0.393. The number of anilines is 1. The van der Waals surface area contributed by atoms with E-state index in [1.54, 1.807) is 19.2 Å². The quantitative estimate of drug-likeness (QED) is 0.161. The number of Topliss-reactive ketones (excluding diaryl/α,β-unsaturated/α-hetero) is 1. The highest BCUT2D eigenvalue weighted by molar-refractivity contribution is 6.40. The molecule has 0 saturated carbocycles. The van der Waals surface area contributed by atoms with E-state index in [0.717, 1.165) is 18.2 Å². The molecular formula is C28H28F6N4O6. The normalized spacial score (nSPS) is 15.8. The molecule has 10 nitrogen and oxygen atoms in total. The third-order valence-electron chi connectivity index (χ3n) is 6.55. The van der Waals surface area contributed by atoms with Crippen LogP contribution in [0.15, 0.2) is 24.3 Å². The number of benzene rings is 2. The lowest BCUT2D eigenvalue weighted by Gasteiger charge is -2.25. The second kappa shape index (κ2) is 14.7. The van der Waals surface area contributed by atoms with Crippen molar-refractivity contribution in [1.82, 2.24) is 16.0 Å². The van der Waals surface area contributed by atoms with E-state index in [4.69, 9.17) is 4.74 Å². The number of nitrogens with one attached hydrogen (secondary N) is 4. The van der Waals surface area contributed by atoms with Gasteiger partial charge in [0.2, 0.25) is 23.4 Å². The van der Waals surface area contributed by atoms with Crippen molar-refractivity contribution in [3.05, 3.63) is 59.2 Å². The molecule has 0 spiro atoms. The first-order chi connectivity index (χ1) is 20.7. The van der Waals surface area contributed by atoms with Crippen LogP contribution in [0.5, 0.6) is 5.75 Å². The highest BCUT2D eigenvalue weighted by atomic mass is 19.2. The number of hydrogen-bond acceptors (Lipinski definition) is 6. The lowest BCUT2D eigenvalue weighted by atomic mass is 9.95. The van der Waals surface area contributed by atoms with E-state index >= 15 is 0 Å². The Labute approximate surface area is 246 Å². The smallest absolute Gasteiger partial charge is 0.313 e. The molecule has 4 amide bonds. The van der Waals surface area contributed by atoms with Gasteiger partial charge < -0.3 is 26.0 Å². The number of hydrogen-bond donors (Lipinski definition) is 4. The van der Waals surface area contributed by atoms with Crippen molar-refractivity contribution in [2.75, 3.05) is 18.5 Å². The predicted molar refractivity (Wildman–Crippen MR) is 141 cm³/mol. The van der Waals surface area contributed by atoms with Gasteiger partial charge in [-0.2, -0.15) is 8.78 Å². The second-order valence-electron chi connectivity index (χ2n) is 10.3. The summed E-state index contributed by atoms with van der Waals surface area (Å²) < 4.78 is 87.7. The zero-order valence-electron chi connectivity index (χ0n) is 23.4. The van der Waals surface area contributed by atoms with E-state index in [1.807, 2.05) is 0 Å². The molecule has 3 atom stereocenters. The van der Waals surface area contributed by atoms with Crippen LogP contribution in [0.4, 0.5) is 32.0 Å². The molecule has 1 aliphatic heterocycles. The average molecular weight is 631 g/mol. The summed E-state index contributed by atoms with van der Waals surface area (Å²) in [6.45, 7) is 2.38. The second-order valence-corrected chi connectivity index (χ2v) is 10.3. The molecular weight excluding hydrogens is 602 g/mol. The molecule has 44 heavy (non-hydrogen) atoms. The Morgan fingerprint density at radius 1 is 0.909 bits per heavy atom. The molecule has 16 heteroatoms. The Morgan fingerprint density at radius 2 is 1.52 bits per heavy atom. The number of rotatable bonds is 12. The van der Waals surface area contributed by atoms with Gasteiger partial charge in [-0.1, -0.05) is 19.9 Å². The van der Waals surface area contributed by atoms with E-state index in [9.17, 15) is 50.3 Å². The molecule has 1 saturated heterocycles. The van der Waals surface area contributed by atoms with E-state index in [0.29, 0.717) is 0 Å². The van der Waals surface area contributed by atoms with Crippen molar-refractivity contribution >= 4 is 35.1 Å². The molecule has 3 rings (SSSR count). The third kappa shape index (κ3) is 8.48. The number of para-hydroxylation sites is 1. The van der Waals surface area contributed by atoms with Crippen LogP contribution in [0.1, 0.15) is 33.1 Å². The van der Waals surface area contributed by atoms with Crippen molar-refractivity contribution in [3.63, 3.8) is 0 Å². The third-order valence-corrected chi connectivity index (χ3v) is 6.55. The molecule has 0 aliphatic carbocycles. The molecule has 4 N–H and O–H groups in total. The first kappa shape index (κ1) is 33.9. The fourth-order valence-electron chi connectivity index (χ4n) is 4.33. The highest BCUT2D eigenvalue weighted by Crippen LogP contribution is 2.27. The number of amides is 4. The van der Waals surface area contributed by atoms with Crippen LogP contribution >= 0.6 is 0 Å². The zero-order valence-corrected chi connectivity index (χ0v) is 23.4. The Balaban J connectivity index is 1.77. The molecule has 0 bridgehead atoms. The van der Waals surface area contributed by atoms with Crippen molar-refractivity contribution in [3.8, 4) is 5.75 Å². The summed E-state index contributed by atoms with van der Waals surface area (Å²) in [6, 6.07) is -0.398. The van der Waals surface area contributed by atoms with E-state index < -0.39 is 100 Å². The minimum Gasteiger partial charge on any atom is -0.479 e. The van der Waals surface area contributed by atoms with Crippen molar-refractivity contribution in [1.29, 1.82) is 0 Å². The Kier molecular flexibility index (Phi) is 11.3. The Morgan fingerprint density at radius 3 is 2.07 bits per heavy atom. The van der Waals surface area contributed by atoms with Crippen molar-refractivity contribution in [2.24, 2.45) is 11.8 Å². The van der Waals surface area contributed by atoms with Gasteiger partial charge in [-0.3, -0.25) is 24.0 Å². The summed E-state index contributed by atoms with van der Waals surface area (Å²) in [4.78, 5) is 63.4. The van der Waals surface area contributed by atoms with Crippen LogP contribution in [0.25, 0.3) is 0 Å². The molecule has 238 valence electrons. The summed E-state index contributed by atoms with van der Waals surface area (Å²) in [5.74, 6) is -17.8. The van der Waals surface area contributed by atoms with Gasteiger partial charge in [0.05, 0.1) is 6.04 Å². The summed E-state index contributed by atoms with van der Waals surface area (Å²) in [7, 11) is 0. The molecule has 1 heterocycles. The number of halogens is 6. The standard InChI is InChI=1S/C28H28F6N4O6/c1-12(2)8-19(37-27(42)28(43)38-23-14(29)4-3-5-15(23)30)26(41)36-18(9-13-6-7-35-25(13)40)20(39)11-44-24-21(33)16(31)10-17(32)22(24)34/h3-5,10,12-13,18-19H,6-9,11H2,1-2H3,(H,35,40)(H,36,41)(H,37,42)(H,38,43)/t13-,18-,19-/m0/s1. The average Bonchev–Trinajstić information content (AvgIpc) is 3.36. The molecule has 2 aromatic rings. The van der Waals surface area contributed by atoms with E-state index in [-0.39, 0.29) is 37.8 Å². The first-order valence-corrected chi connectivity index (χ1v) is 13.3. The summed E-state index contributed by atoms with van der Waals surface area (Å²) >= 11 is 0. The van der Waals surface area contributed by atoms with Gasteiger partial charge >= 0.3 is 11.8 Å². The SMILES string of the molecule is CC(C)C[C@H](NC(=O)C(=O)Nc1c(F)cccc1F)C(=O)N[C@@H](C[C@@H]1CCNC1=O)C(=O)COc1c(F)c(F)cc(F)c1F. The minimum atomic E-state index is -1.90. The molecule has 1 aliphatic rings. The monoisotopic (exact) mass is 630 g/mol. The number of carbonyl (C=O) groups is 5. The number of ether oxygens (including phenoxy) is 1. The lowest BCUT2D eigenvalue weighted by molar-refractivity contribution is -0.138. The molecule has 0 radical (unpaired) electrons. The summed E-state index contributed by atoms with van der Waals surface area (Å²) in [5, 5.41) is 8.76. The number of ketones is 1. The lowest BCUT2D eigenvalue weighted by Crippen LogP contribution is -2.54. The Bertz CT molecular complexity index is 1410. The van der Waals surface area contributed by atoms with Gasteiger partial charge in [-0.15, -0.1) is 0 Å². The maximum Gasteiger partial charge on any atom is 0.313 e. The van der Waals surface area contributed by atoms with Gasteiger partial charge in [0.15, 0.2) is 23.2 Å². The van der Waals surface area contributed by atoms with Crippen LogP contribution in [-0.4, -0.2) is 54.6 Å². The van der Waals surface area contributed by atoms with Gasteiger partial charge in [-0.05, 0) is 37.3 Å². The maximum absolute atomic E-state index is 14.0. The predicted octanol–water partition coefficient (Wildman–Crippen LogP) is 2.65. The number of carbonyl (C=O) groups excluding carboxylic acids is 5. The Hall–Kier alpha value is -4.63. The zero-order chi connectivity index (χ0) is 32.7. The van der Waals surface area contributed by atoms with Crippen molar-refractivity contribution in [2.45, 2.75) is 45.2 Å². The first-order valence-electron chi connectivity index (χ1n) is 13.3. The topological polar surface area (TPSA) is 143 Å². The van der Waals surface area contributed by atoms with Crippen LogP contribution in [0.2, 0.25) is 0 Å².